The lowest BCUT2D eigenvalue weighted by Crippen LogP contribution is -2.11. The van der Waals surface area contributed by atoms with E-state index in [0.29, 0.717) is 6.61 Å². The van der Waals surface area contributed by atoms with Gasteiger partial charge in [-0.3, -0.25) is 4.79 Å². The molecular weight excluding hydrogens is 236 g/mol. The highest BCUT2D eigenvalue weighted by molar-refractivity contribution is 5.98. The molecule has 2 heteroatoms. The highest BCUT2D eigenvalue weighted by Crippen LogP contribution is 2.11. The monoisotopic (exact) mass is 262 g/mol. The highest BCUT2D eigenvalue weighted by atomic mass is 16.5. The summed E-state index contributed by atoms with van der Waals surface area (Å²) in [6, 6.07) is 5.97. The van der Waals surface area contributed by atoms with Crippen molar-refractivity contribution in [3.8, 4) is 0 Å². The van der Waals surface area contributed by atoms with Gasteiger partial charge in [0.2, 0.25) is 0 Å². The van der Waals surface area contributed by atoms with Crippen molar-refractivity contribution in [3.63, 3.8) is 0 Å². The first-order valence-corrected chi connectivity index (χ1v) is 7.33. The molecule has 0 radical (unpaired) electrons. The van der Waals surface area contributed by atoms with Crippen molar-refractivity contribution < 1.29 is 9.53 Å². The fourth-order valence-electron chi connectivity index (χ4n) is 2.09. The standard InChI is InChI=1S/C17H26O2/c1-4-5-6-7-8-11-19-13-17(18)16-12-14(2)9-10-15(16)3/h9-10,12H,4-8,11,13H2,1-3H3. The maximum atomic E-state index is 12.0. The van der Waals surface area contributed by atoms with Gasteiger partial charge in [0.15, 0.2) is 5.78 Å². The van der Waals surface area contributed by atoms with Gasteiger partial charge in [-0.2, -0.15) is 0 Å². The molecule has 0 spiro atoms. The summed E-state index contributed by atoms with van der Waals surface area (Å²) in [6.07, 6.45) is 6.07. The number of aryl methyl sites for hydroxylation is 2. The zero-order valence-electron chi connectivity index (χ0n) is 12.5. The van der Waals surface area contributed by atoms with E-state index in [9.17, 15) is 4.79 Å². The smallest absolute Gasteiger partial charge is 0.188 e. The molecule has 0 amide bonds. The lowest BCUT2D eigenvalue weighted by atomic mass is 10.0. The molecule has 0 atom stereocenters. The van der Waals surface area contributed by atoms with Crippen LogP contribution in [0.15, 0.2) is 18.2 Å². The van der Waals surface area contributed by atoms with Gasteiger partial charge in [-0.25, -0.2) is 0 Å². The van der Waals surface area contributed by atoms with Gasteiger partial charge in [0.05, 0.1) is 0 Å². The number of ether oxygens (including phenoxy) is 1. The fraction of sp³-hybridized carbons (Fsp3) is 0.588. The van der Waals surface area contributed by atoms with Gasteiger partial charge >= 0.3 is 0 Å². The molecule has 1 aromatic rings. The number of rotatable bonds is 9. The van der Waals surface area contributed by atoms with E-state index in [1.807, 2.05) is 32.0 Å². The summed E-state index contributed by atoms with van der Waals surface area (Å²) in [5.41, 5.74) is 2.95. The van der Waals surface area contributed by atoms with E-state index >= 15 is 0 Å². The summed E-state index contributed by atoms with van der Waals surface area (Å²) in [5, 5.41) is 0. The van der Waals surface area contributed by atoms with Crippen LogP contribution in [0.2, 0.25) is 0 Å². The average molecular weight is 262 g/mol. The van der Waals surface area contributed by atoms with Crippen molar-refractivity contribution >= 4 is 5.78 Å². The summed E-state index contributed by atoms with van der Waals surface area (Å²) in [7, 11) is 0. The Balaban J connectivity index is 2.26. The molecule has 19 heavy (non-hydrogen) atoms. The van der Waals surface area contributed by atoms with Crippen LogP contribution in [-0.4, -0.2) is 19.0 Å². The molecule has 0 bridgehead atoms. The molecule has 2 nitrogen and oxygen atoms in total. The Kier molecular flexibility index (Phi) is 7.42. The molecule has 0 unspecified atom stereocenters. The molecule has 0 saturated carbocycles. The molecule has 0 aliphatic carbocycles. The van der Waals surface area contributed by atoms with E-state index in [0.717, 1.165) is 23.1 Å². The van der Waals surface area contributed by atoms with Crippen LogP contribution in [-0.2, 0) is 4.74 Å². The van der Waals surface area contributed by atoms with E-state index in [4.69, 9.17) is 4.74 Å². The Morgan fingerprint density at radius 1 is 1.11 bits per heavy atom. The first kappa shape index (κ1) is 15.9. The minimum absolute atomic E-state index is 0.0924. The molecule has 106 valence electrons. The second-order valence-electron chi connectivity index (χ2n) is 5.21. The third-order valence-corrected chi connectivity index (χ3v) is 3.32. The van der Waals surface area contributed by atoms with Gasteiger partial charge in [-0.15, -0.1) is 0 Å². The first-order chi connectivity index (χ1) is 9.15. The van der Waals surface area contributed by atoms with Crippen molar-refractivity contribution in [2.75, 3.05) is 13.2 Å². The third kappa shape index (κ3) is 6.02. The maximum absolute atomic E-state index is 12.0. The van der Waals surface area contributed by atoms with Gasteiger partial charge in [0.1, 0.15) is 6.61 Å². The lowest BCUT2D eigenvalue weighted by molar-refractivity contribution is 0.0751. The van der Waals surface area contributed by atoms with Crippen LogP contribution in [0.1, 0.15) is 60.5 Å². The number of benzene rings is 1. The minimum Gasteiger partial charge on any atom is -0.373 e. The number of carbonyl (C=O) groups excluding carboxylic acids is 1. The number of Topliss-reactive ketones (excluding diaryl/α,β-unsaturated/α-hetero) is 1. The molecule has 0 saturated heterocycles. The summed E-state index contributed by atoms with van der Waals surface area (Å²) in [6.45, 7) is 7.08. The predicted octanol–water partition coefficient (Wildman–Crippen LogP) is 4.47. The Morgan fingerprint density at radius 3 is 2.58 bits per heavy atom. The van der Waals surface area contributed by atoms with Crippen LogP contribution >= 0.6 is 0 Å². The molecule has 0 aromatic heterocycles. The van der Waals surface area contributed by atoms with E-state index < -0.39 is 0 Å². The van der Waals surface area contributed by atoms with Crippen molar-refractivity contribution in [2.24, 2.45) is 0 Å². The van der Waals surface area contributed by atoms with E-state index in [1.165, 1.54) is 25.7 Å². The third-order valence-electron chi connectivity index (χ3n) is 3.32. The largest absolute Gasteiger partial charge is 0.373 e. The van der Waals surface area contributed by atoms with Crippen molar-refractivity contribution in [3.05, 3.63) is 34.9 Å². The van der Waals surface area contributed by atoms with Crippen molar-refractivity contribution in [1.82, 2.24) is 0 Å². The van der Waals surface area contributed by atoms with E-state index in [1.54, 1.807) is 0 Å². The van der Waals surface area contributed by atoms with Gasteiger partial charge in [0.25, 0.3) is 0 Å². The second kappa shape index (κ2) is 8.87. The molecule has 1 aromatic carbocycles. The van der Waals surface area contributed by atoms with Gasteiger partial charge in [-0.05, 0) is 31.9 Å². The van der Waals surface area contributed by atoms with Crippen LogP contribution in [0.4, 0.5) is 0 Å². The fourth-order valence-corrected chi connectivity index (χ4v) is 2.09. The second-order valence-corrected chi connectivity index (χ2v) is 5.21. The summed E-state index contributed by atoms with van der Waals surface area (Å²) >= 11 is 0. The first-order valence-electron chi connectivity index (χ1n) is 7.33. The van der Waals surface area contributed by atoms with Crippen LogP contribution in [0, 0.1) is 13.8 Å². The molecule has 0 heterocycles. The highest BCUT2D eigenvalue weighted by Gasteiger charge is 2.09. The average Bonchev–Trinajstić information content (AvgIpc) is 2.40. The van der Waals surface area contributed by atoms with Gasteiger partial charge < -0.3 is 4.74 Å². The lowest BCUT2D eigenvalue weighted by Gasteiger charge is -2.07. The van der Waals surface area contributed by atoms with Crippen molar-refractivity contribution in [2.45, 2.75) is 52.9 Å². The van der Waals surface area contributed by atoms with E-state index in [-0.39, 0.29) is 12.4 Å². The van der Waals surface area contributed by atoms with Crippen LogP contribution in [0.5, 0.6) is 0 Å². The summed E-state index contributed by atoms with van der Waals surface area (Å²) in [5.74, 6) is 0.0924. The number of carbonyl (C=O) groups is 1. The Morgan fingerprint density at radius 2 is 1.84 bits per heavy atom. The number of hydrogen-bond donors (Lipinski definition) is 0. The zero-order chi connectivity index (χ0) is 14.1. The maximum Gasteiger partial charge on any atom is 0.188 e. The molecule has 0 fully saturated rings. The molecule has 1 rings (SSSR count). The molecule has 0 aliphatic heterocycles. The Hall–Kier alpha value is -1.15. The van der Waals surface area contributed by atoms with Gasteiger partial charge in [-0.1, -0.05) is 50.3 Å². The normalized spacial score (nSPS) is 10.7. The topological polar surface area (TPSA) is 26.3 Å². The SMILES string of the molecule is CCCCCCCOCC(=O)c1cc(C)ccc1C. The Bertz CT molecular complexity index is 396. The van der Waals surface area contributed by atoms with Crippen LogP contribution in [0.25, 0.3) is 0 Å². The molecule has 0 aliphatic rings. The van der Waals surface area contributed by atoms with Crippen LogP contribution in [0.3, 0.4) is 0 Å². The number of ketones is 1. The summed E-state index contributed by atoms with van der Waals surface area (Å²) < 4.78 is 5.48. The molecular formula is C17H26O2. The molecule has 0 N–H and O–H groups in total. The van der Waals surface area contributed by atoms with E-state index in [2.05, 4.69) is 6.92 Å². The quantitative estimate of drug-likeness (QED) is 0.484. The van der Waals surface area contributed by atoms with Crippen LogP contribution < -0.4 is 0 Å². The predicted molar refractivity (Wildman–Crippen MR) is 79.8 cm³/mol. The van der Waals surface area contributed by atoms with Crippen molar-refractivity contribution in [1.29, 1.82) is 0 Å². The zero-order valence-corrected chi connectivity index (χ0v) is 12.5. The summed E-state index contributed by atoms with van der Waals surface area (Å²) in [4.78, 5) is 12.0. The van der Waals surface area contributed by atoms with Gasteiger partial charge in [0, 0.05) is 12.2 Å². The Labute approximate surface area is 117 Å². The number of unbranched alkanes of at least 4 members (excludes halogenated alkanes) is 4. The minimum atomic E-state index is 0.0924. The number of hydrogen-bond acceptors (Lipinski definition) is 2.